The molecule has 3 rings (SSSR count). The summed E-state index contributed by atoms with van der Waals surface area (Å²) in [5.74, 6) is -1.10. The molecule has 1 saturated heterocycles. The summed E-state index contributed by atoms with van der Waals surface area (Å²) < 4.78 is 11.1. The number of nitrogens with zero attached hydrogens (tertiary/aromatic N) is 2. The molecular weight excluding hydrogens is 528 g/mol. The molecule has 2 aromatic rings. The molecule has 1 atom stereocenters. The summed E-state index contributed by atoms with van der Waals surface area (Å²) in [4.78, 5) is 30.1. The predicted octanol–water partition coefficient (Wildman–Crippen LogP) is 4.49. The third-order valence-electron chi connectivity index (χ3n) is 6.17. The second-order valence-corrected chi connectivity index (χ2v) is 9.05. The number of hydrogen-bond acceptors (Lipinski definition) is 7. The maximum absolute atomic E-state index is 13.3. The Morgan fingerprint density at radius 2 is 1.86 bits per heavy atom. The lowest BCUT2D eigenvalue weighted by Gasteiger charge is -2.28. The number of likely N-dealkylation sites (N-methyl/N-ethyl adjacent to an activating group) is 1. The van der Waals surface area contributed by atoms with Gasteiger partial charge in [0.05, 0.1) is 23.2 Å². The molecule has 192 valence electrons. The normalized spacial score (nSPS) is 17.0. The van der Waals surface area contributed by atoms with Crippen LogP contribution >= 0.6 is 15.9 Å². The lowest BCUT2D eigenvalue weighted by Crippen LogP contribution is -2.38. The number of halogens is 1. The van der Waals surface area contributed by atoms with Crippen molar-refractivity contribution in [2.75, 3.05) is 39.9 Å². The number of rotatable bonds is 11. The fourth-order valence-electron chi connectivity index (χ4n) is 4.17. The number of phenols is 1. The van der Waals surface area contributed by atoms with E-state index in [-0.39, 0.29) is 29.4 Å². The van der Waals surface area contributed by atoms with Crippen LogP contribution < -0.4 is 9.47 Å². The Balaban J connectivity index is 2.13. The minimum absolute atomic E-state index is 0.0288. The summed E-state index contributed by atoms with van der Waals surface area (Å²) in [5.41, 5.74) is 0.860. The summed E-state index contributed by atoms with van der Waals surface area (Å²) in [6.07, 6.45) is 1.62. The average molecular weight is 559 g/mol. The number of carbonyl (C=O) groups excluding carboxylic acids is 2. The fraction of sp³-hybridized carbons (Fsp3) is 0.333. The van der Waals surface area contributed by atoms with Crippen molar-refractivity contribution in [3.63, 3.8) is 0 Å². The van der Waals surface area contributed by atoms with E-state index < -0.39 is 17.7 Å². The quantitative estimate of drug-likeness (QED) is 0.181. The van der Waals surface area contributed by atoms with Crippen LogP contribution in [0.5, 0.6) is 17.2 Å². The number of aliphatic hydroxyl groups is 1. The molecule has 2 N–H and O–H groups in total. The van der Waals surface area contributed by atoms with E-state index in [1.54, 1.807) is 42.5 Å². The van der Waals surface area contributed by atoms with Crippen molar-refractivity contribution in [3.8, 4) is 17.2 Å². The van der Waals surface area contributed by atoms with Crippen LogP contribution in [0.25, 0.3) is 5.76 Å². The number of methoxy groups -OCH3 is 1. The Bertz CT molecular complexity index is 1160. The van der Waals surface area contributed by atoms with E-state index in [1.807, 2.05) is 13.8 Å². The van der Waals surface area contributed by atoms with Gasteiger partial charge in [-0.2, -0.15) is 0 Å². The molecule has 36 heavy (non-hydrogen) atoms. The smallest absolute Gasteiger partial charge is 0.295 e. The molecule has 9 heteroatoms. The molecule has 0 spiro atoms. The highest BCUT2D eigenvalue weighted by Crippen LogP contribution is 2.44. The van der Waals surface area contributed by atoms with Crippen LogP contribution in [0.2, 0.25) is 0 Å². The van der Waals surface area contributed by atoms with Crippen molar-refractivity contribution in [1.82, 2.24) is 9.80 Å². The van der Waals surface area contributed by atoms with Gasteiger partial charge in [0.15, 0.2) is 11.5 Å². The first-order chi connectivity index (χ1) is 17.3. The Kier molecular flexibility index (Phi) is 9.17. The molecule has 1 amide bonds. The molecule has 1 aliphatic rings. The van der Waals surface area contributed by atoms with Gasteiger partial charge in [0, 0.05) is 18.7 Å². The molecule has 1 aliphatic heterocycles. The first-order valence-corrected chi connectivity index (χ1v) is 12.5. The van der Waals surface area contributed by atoms with E-state index in [4.69, 9.17) is 9.47 Å². The number of hydrogen-bond donors (Lipinski definition) is 2. The predicted molar refractivity (Wildman–Crippen MR) is 141 cm³/mol. The molecule has 0 radical (unpaired) electrons. The van der Waals surface area contributed by atoms with E-state index in [1.165, 1.54) is 12.0 Å². The van der Waals surface area contributed by atoms with Crippen LogP contribution in [0.3, 0.4) is 0 Å². The van der Waals surface area contributed by atoms with Crippen molar-refractivity contribution in [2.24, 2.45) is 0 Å². The van der Waals surface area contributed by atoms with Gasteiger partial charge in [-0.15, -0.1) is 0 Å². The van der Waals surface area contributed by atoms with E-state index in [9.17, 15) is 19.8 Å². The number of benzene rings is 2. The minimum atomic E-state index is -0.872. The zero-order chi connectivity index (χ0) is 26.4. The lowest BCUT2D eigenvalue weighted by molar-refractivity contribution is -0.140. The van der Waals surface area contributed by atoms with Gasteiger partial charge < -0.3 is 29.5 Å². The molecule has 0 aliphatic carbocycles. The molecule has 1 heterocycles. The van der Waals surface area contributed by atoms with Crippen LogP contribution in [0.4, 0.5) is 0 Å². The SMILES string of the molecule is C=CCOc1ccc(/C(O)=C2\C(=O)C(=O)N(CCN(CC)CC)C2c2cc(Br)c(O)c(OC)c2)cc1. The number of amides is 1. The van der Waals surface area contributed by atoms with Gasteiger partial charge in [-0.25, -0.2) is 0 Å². The first kappa shape index (κ1) is 27.3. The molecule has 2 aromatic carbocycles. The molecule has 0 saturated carbocycles. The largest absolute Gasteiger partial charge is 0.507 e. The van der Waals surface area contributed by atoms with E-state index in [0.29, 0.717) is 34.5 Å². The zero-order valence-electron chi connectivity index (χ0n) is 20.7. The Labute approximate surface area is 219 Å². The highest BCUT2D eigenvalue weighted by Gasteiger charge is 2.46. The molecule has 0 aromatic heterocycles. The highest BCUT2D eigenvalue weighted by molar-refractivity contribution is 9.10. The summed E-state index contributed by atoms with van der Waals surface area (Å²) in [5, 5.41) is 21.6. The van der Waals surface area contributed by atoms with Gasteiger partial charge in [0.1, 0.15) is 18.1 Å². The second kappa shape index (κ2) is 12.1. The molecular formula is C27H31BrN2O6. The van der Waals surface area contributed by atoms with Crippen LogP contribution in [0.15, 0.2) is 59.1 Å². The molecule has 0 bridgehead atoms. The van der Waals surface area contributed by atoms with Crippen molar-refractivity contribution < 1.29 is 29.3 Å². The van der Waals surface area contributed by atoms with Crippen molar-refractivity contribution >= 4 is 33.4 Å². The van der Waals surface area contributed by atoms with Crippen LogP contribution in [-0.2, 0) is 9.59 Å². The number of aliphatic hydroxyl groups excluding tert-OH is 1. The van der Waals surface area contributed by atoms with Gasteiger partial charge in [-0.3, -0.25) is 9.59 Å². The Hall–Kier alpha value is -3.30. The van der Waals surface area contributed by atoms with Crippen molar-refractivity contribution in [1.29, 1.82) is 0 Å². The maximum atomic E-state index is 13.3. The third kappa shape index (κ3) is 5.57. The van der Waals surface area contributed by atoms with Crippen LogP contribution in [0, 0.1) is 0 Å². The van der Waals surface area contributed by atoms with Gasteiger partial charge in [0.25, 0.3) is 11.7 Å². The number of ketones is 1. The molecule has 1 unspecified atom stereocenters. The number of phenolic OH excluding ortho intramolecular Hbond substituents is 1. The van der Waals surface area contributed by atoms with Gasteiger partial charge in [-0.1, -0.05) is 26.5 Å². The maximum Gasteiger partial charge on any atom is 0.295 e. The highest BCUT2D eigenvalue weighted by atomic mass is 79.9. The number of carbonyl (C=O) groups is 2. The monoisotopic (exact) mass is 558 g/mol. The van der Waals surface area contributed by atoms with E-state index >= 15 is 0 Å². The van der Waals surface area contributed by atoms with E-state index in [2.05, 4.69) is 27.4 Å². The Morgan fingerprint density at radius 3 is 2.44 bits per heavy atom. The van der Waals surface area contributed by atoms with Gasteiger partial charge in [0.2, 0.25) is 0 Å². The first-order valence-electron chi connectivity index (χ1n) is 11.7. The van der Waals surface area contributed by atoms with Crippen LogP contribution in [-0.4, -0.2) is 71.6 Å². The van der Waals surface area contributed by atoms with E-state index in [0.717, 1.165) is 13.1 Å². The topological polar surface area (TPSA) is 99.5 Å². The van der Waals surface area contributed by atoms with Crippen molar-refractivity contribution in [3.05, 3.63) is 70.2 Å². The van der Waals surface area contributed by atoms with Gasteiger partial charge in [-0.05, 0) is 71.0 Å². The third-order valence-corrected chi connectivity index (χ3v) is 6.78. The second-order valence-electron chi connectivity index (χ2n) is 8.20. The number of ether oxygens (including phenoxy) is 2. The lowest BCUT2D eigenvalue weighted by atomic mass is 9.95. The standard InChI is InChI=1S/C27H31BrN2O6/c1-5-14-36-19-10-8-17(9-11-19)24(31)22-23(18-15-20(28)25(32)21(16-18)35-4)30(27(34)26(22)33)13-12-29(6-2)7-3/h5,8-11,15-16,23,31-32H,1,6-7,12-14H2,2-4H3/b24-22+. The Morgan fingerprint density at radius 1 is 1.19 bits per heavy atom. The van der Waals surface area contributed by atoms with Crippen LogP contribution in [0.1, 0.15) is 31.0 Å². The number of aromatic hydroxyl groups is 1. The summed E-state index contributed by atoms with van der Waals surface area (Å²) in [6, 6.07) is 8.92. The summed E-state index contributed by atoms with van der Waals surface area (Å²) in [6.45, 7) is 10.4. The van der Waals surface area contributed by atoms with Crippen molar-refractivity contribution in [2.45, 2.75) is 19.9 Å². The number of likely N-dealkylation sites (tertiary alicyclic amines) is 1. The zero-order valence-corrected chi connectivity index (χ0v) is 22.2. The fourth-order valence-corrected chi connectivity index (χ4v) is 4.63. The average Bonchev–Trinajstić information content (AvgIpc) is 3.14. The summed E-state index contributed by atoms with van der Waals surface area (Å²) >= 11 is 3.32. The summed E-state index contributed by atoms with van der Waals surface area (Å²) in [7, 11) is 1.42. The molecule has 8 nitrogen and oxygen atoms in total. The molecule has 1 fully saturated rings. The minimum Gasteiger partial charge on any atom is -0.507 e. The van der Waals surface area contributed by atoms with Gasteiger partial charge >= 0.3 is 0 Å². The number of Topliss-reactive ketones (excluding diaryl/α,β-unsaturated/α-hetero) is 1.